The number of aliphatic hydroxyl groups is 1. The van der Waals surface area contributed by atoms with Crippen molar-refractivity contribution in [2.24, 2.45) is 11.8 Å². The molecular weight excluding hydrogens is 148 g/mol. The predicted octanol–water partition coefficient (Wildman–Crippen LogP) is 3.00. The average molecular weight is 170 g/mol. The van der Waals surface area contributed by atoms with Gasteiger partial charge in [-0.3, -0.25) is 0 Å². The molecule has 2 atom stereocenters. The molecule has 0 aliphatic rings. The first-order valence-corrected chi connectivity index (χ1v) is 4.75. The van der Waals surface area contributed by atoms with E-state index in [4.69, 9.17) is 0 Å². The highest BCUT2D eigenvalue weighted by molar-refractivity contribution is 4.81. The zero-order chi connectivity index (χ0) is 9.78. The van der Waals surface area contributed by atoms with Gasteiger partial charge in [-0.15, -0.1) is 6.58 Å². The highest BCUT2D eigenvalue weighted by Crippen LogP contribution is 2.24. The van der Waals surface area contributed by atoms with Gasteiger partial charge in [-0.2, -0.15) is 0 Å². The average Bonchev–Trinajstić information content (AvgIpc) is 2.00. The van der Waals surface area contributed by atoms with Crippen molar-refractivity contribution in [2.75, 3.05) is 0 Å². The van der Waals surface area contributed by atoms with E-state index >= 15 is 0 Å². The first-order chi connectivity index (χ1) is 5.40. The molecule has 0 aliphatic heterocycles. The summed E-state index contributed by atoms with van der Waals surface area (Å²) in [6.45, 7) is 11.9. The van der Waals surface area contributed by atoms with Crippen LogP contribution >= 0.6 is 0 Å². The summed E-state index contributed by atoms with van der Waals surface area (Å²) in [4.78, 5) is 0. The first kappa shape index (κ1) is 11.7. The molecule has 0 aromatic rings. The third kappa shape index (κ3) is 3.91. The monoisotopic (exact) mass is 170 g/mol. The van der Waals surface area contributed by atoms with E-state index in [1.165, 1.54) is 0 Å². The van der Waals surface area contributed by atoms with Gasteiger partial charge in [0, 0.05) is 0 Å². The molecule has 2 unspecified atom stereocenters. The summed E-state index contributed by atoms with van der Waals surface area (Å²) in [5.74, 6) is 0.838. The lowest BCUT2D eigenvalue weighted by Crippen LogP contribution is -2.31. The Kier molecular flexibility index (Phi) is 4.54. The Bertz CT molecular complexity index is 136. The Morgan fingerprint density at radius 3 is 2.25 bits per heavy atom. The van der Waals surface area contributed by atoms with E-state index < -0.39 is 5.60 Å². The molecule has 12 heavy (non-hydrogen) atoms. The van der Waals surface area contributed by atoms with E-state index in [0.717, 1.165) is 12.8 Å². The largest absolute Gasteiger partial charge is 0.390 e. The molecule has 0 aromatic heterocycles. The van der Waals surface area contributed by atoms with Crippen LogP contribution < -0.4 is 0 Å². The van der Waals surface area contributed by atoms with Crippen molar-refractivity contribution in [1.82, 2.24) is 0 Å². The molecule has 1 nitrogen and oxygen atoms in total. The molecule has 0 aromatic carbocycles. The third-order valence-corrected chi connectivity index (χ3v) is 2.75. The number of allylic oxidation sites excluding steroid dienone is 1. The maximum atomic E-state index is 9.90. The van der Waals surface area contributed by atoms with Crippen LogP contribution in [0.5, 0.6) is 0 Å². The minimum atomic E-state index is -0.517. The predicted molar refractivity (Wildman–Crippen MR) is 54.1 cm³/mol. The van der Waals surface area contributed by atoms with Gasteiger partial charge in [0.2, 0.25) is 0 Å². The summed E-state index contributed by atoms with van der Waals surface area (Å²) in [5, 5.41) is 9.90. The normalized spacial score (nSPS) is 18.8. The Labute approximate surface area is 76.5 Å². The molecular formula is C11H22O. The molecule has 0 spiro atoms. The molecule has 0 heterocycles. The molecule has 0 bridgehead atoms. The van der Waals surface area contributed by atoms with Gasteiger partial charge in [0.1, 0.15) is 0 Å². The fraction of sp³-hybridized carbons (Fsp3) is 0.818. The SMILES string of the molecule is C=CC(C)CCC(C)(O)C(C)C. The molecule has 1 N–H and O–H groups in total. The maximum Gasteiger partial charge on any atom is 0.0642 e. The Morgan fingerprint density at radius 1 is 1.42 bits per heavy atom. The Morgan fingerprint density at radius 2 is 1.92 bits per heavy atom. The van der Waals surface area contributed by atoms with Crippen LogP contribution in [0, 0.1) is 11.8 Å². The molecule has 0 fully saturated rings. The smallest absolute Gasteiger partial charge is 0.0642 e. The van der Waals surface area contributed by atoms with Crippen LogP contribution in [0.4, 0.5) is 0 Å². The van der Waals surface area contributed by atoms with Gasteiger partial charge in [-0.1, -0.05) is 26.8 Å². The standard InChI is InChI=1S/C11H22O/c1-6-10(4)7-8-11(5,12)9(2)3/h6,9-10,12H,1,7-8H2,2-5H3. The zero-order valence-corrected chi connectivity index (χ0v) is 8.80. The van der Waals surface area contributed by atoms with Gasteiger partial charge >= 0.3 is 0 Å². The zero-order valence-electron chi connectivity index (χ0n) is 8.80. The van der Waals surface area contributed by atoms with E-state index in [9.17, 15) is 5.11 Å². The highest BCUT2D eigenvalue weighted by atomic mass is 16.3. The molecule has 0 saturated carbocycles. The fourth-order valence-corrected chi connectivity index (χ4v) is 0.926. The molecule has 0 saturated heterocycles. The van der Waals surface area contributed by atoms with Crippen molar-refractivity contribution < 1.29 is 5.11 Å². The van der Waals surface area contributed by atoms with Gasteiger partial charge in [-0.25, -0.2) is 0 Å². The number of hydrogen-bond donors (Lipinski definition) is 1. The lowest BCUT2D eigenvalue weighted by Gasteiger charge is -2.28. The van der Waals surface area contributed by atoms with Crippen LogP contribution in [0.15, 0.2) is 12.7 Å². The summed E-state index contributed by atoms with van der Waals surface area (Å²) < 4.78 is 0. The van der Waals surface area contributed by atoms with Crippen LogP contribution in [0.3, 0.4) is 0 Å². The van der Waals surface area contributed by atoms with Crippen molar-refractivity contribution >= 4 is 0 Å². The van der Waals surface area contributed by atoms with E-state index in [-0.39, 0.29) is 0 Å². The molecule has 0 amide bonds. The number of rotatable bonds is 5. The third-order valence-electron chi connectivity index (χ3n) is 2.75. The topological polar surface area (TPSA) is 20.2 Å². The summed E-state index contributed by atoms with van der Waals surface area (Å²) >= 11 is 0. The summed E-state index contributed by atoms with van der Waals surface area (Å²) in [6, 6.07) is 0. The van der Waals surface area contributed by atoms with Crippen LogP contribution in [0.25, 0.3) is 0 Å². The second-order valence-corrected chi connectivity index (χ2v) is 4.26. The van der Waals surface area contributed by atoms with E-state index in [0.29, 0.717) is 11.8 Å². The molecule has 1 heteroatoms. The van der Waals surface area contributed by atoms with Gasteiger partial charge < -0.3 is 5.11 Å². The van der Waals surface area contributed by atoms with Crippen LogP contribution in [0.1, 0.15) is 40.5 Å². The minimum absolute atomic E-state index is 0.328. The van der Waals surface area contributed by atoms with Crippen molar-refractivity contribution in [2.45, 2.75) is 46.1 Å². The van der Waals surface area contributed by atoms with Crippen molar-refractivity contribution in [1.29, 1.82) is 0 Å². The van der Waals surface area contributed by atoms with E-state index in [1.807, 2.05) is 13.0 Å². The molecule has 0 radical (unpaired) electrons. The Hall–Kier alpha value is -0.300. The lowest BCUT2D eigenvalue weighted by molar-refractivity contribution is 0.00161. The van der Waals surface area contributed by atoms with E-state index in [2.05, 4.69) is 27.4 Å². The second kappa shape index (κ2) is 4.66. The Balaban J connectivity index is 3.83. The summed E-state index contributed by atoms with van der Waals surface area (Å²) in [5.41, 5.74) is -0.517. The molecule has 0 rings (SSSR count). The first-order valence-electron chi connectivity index (χ1n) is 4.75. The van der Waals surface area contributed by atoms with Crippen molar-refractivity contribution in [3.05, 3.63) is 12.7 Å². The van der Waals surface area contributed by atoms with Crippen LogP contribution in [-0.2, 0) is 0 Å². The second-order valence-electron chi connectivity index (χ2n) is 4.26. The van der Waals surface area contributed by atoms with Crippen LogP contribution in [0.2, 0.25) is 0 Å². The summed E-state index contributed by atoms with van der Waals surface area (Å²) in [6.07, 6.45) is 3.82. The van der Waals surface area contributed by atoms with Crippen molar-refractivity contribution in [3.8, 4) is 0 Å². The quantitative estimate of drug-likeness (QED) is 0.629. The van der Waals surface area contributed by atoms with Gasteiger partial charge in [0.15, 0.2) is 0 Å². The minimum Gasteiger partial charge on any atom is -0.390 e. The fourth-order valence-electron chi connectivity index (χ4n) is 0.926. The maximum absolute atomic E-state index is 9.90. The van der Waals surface area contributed by atoms with Gasteiger partial charge in [0.05, 0.1) is 5.60 Å². The van der Waals surface area contributed by atoms with Crippen LogP contribution in [-0.4, -0.2) is 10.7 Å². The van der Waals surface area contributed by atoms with Gasteiger partial charge in [-0.05, 0) is 31.6 Å². The lowest BCUT2D eigenvalue weighted by atomic mass is 9.85. The number of hydrogen-bond acceptors (Lipinski definition) is 1. The van der Waals surface area contributed by atoms with Crippen molar-refractivity contribution in [3.63, 3.8) is 0 Å². The molecule has 72 valence electrons. The highest BCUT2D eigenvalue weighted by Gasteiger charge is 2.24. The molecule has 0 aliphatic carbocycles. The van der Waals surface area contributed by atoms with Gasteiger partial charge in [0.25, 0.3) is 0 Å². The summed E-state index contributed by atoms with van der Waals surface area (Å²) in [7, 11) is 0. The van der Waals surface area contributed by atoms with E-state index in [1.54, 1.807) is 0 Å².